The molecule has 0 saturated heterocycles. The van der Waals surface area contributed by atoms with Gasteiger partial charge in [-0.3, -0.25) is 4.98 Å². The highest BCUT2D eigenvalue weighted by Crippen LogP contribution is 2.17. The van der Waals surface area contributed by atoms with Crippen LogP contribution in [0.1, 0.15) is 98.0 Å². The minimum atomic E-state index is -0.310. The molecule has 3 nitrogen and oxygen atoms in total. The fraction of sp³-hybridized carbons (Fsp3) is 0.438. The molecular weight excluding hydrogens is 430 g/mol. The van der Waals surface area contributed by atoms with Crippen molar-refractivity contribution in [3.05, 3.63) is 94.8 Å². The van der Waals surface area contributed by atoms with Gasteiger partial charge in [-0.25, -0.2) is 4.79 Å². The van der Waals surface area contributed by atoms with Gasteiger partial charge in [-0.2, -0.15) is 0 Å². The Labute approximate surface area is 212 Å². The average Bonchev–Trinajstić information content (AvgIpc) is 2.89. The smallest absolute Gasteiger partial charge is 0.343 e. The fourth-order valence-corrected chi connectivity index (χ4v) is 4.23. The molecule has 0 saturated carbocycles. The predicted octanol–water partition coefficient (Wildman–Crippen LogP) is 8.33. The summed E-state index contributed by atoms with van der Waals surface area (Å²) in [6.45, 7) is 4.46. The summed E-state index contributed by atoms with van der Waals surface area (Å²) in [6.07, 6.45) is 16.1. The quantitative estimate of drug-likeness (QED) is 0.127. The Balaban J connectivity index is 1.42. The van der Waals surface area contributed by atoms with Gasteiger partial charge in [-0.15, -0.1) is 0 Å². The first kappa shape index (κ1) is 26.7. The summed E-state index contributed by atoms with van der Waals surface area (Å²) < 4.78 is 5.59. The molecule has 3 heteroatoms. The van der Waals surface area contributed by atoms with E-state index in [-0.39, 0.29) is 5.97 Å². The second-order valence-corrected chi connectivity index (χ2v) is 9.51. The highest BCUT2D eigenvalue weighted by molar-refractivity contribution is 5.91. The van der Waals surface area contributed by atoms with Crippen molar-refractivity contribution in [3.63, 3.8) is 0 Å². The minimum absolute atomic E-state index is 0.310. The molecule has 0 aliphatic rings. The Morgan fingerprint density at radius 3 is 1.89 bits per heavy atom. The molecule has 0 atom stereocenters. The molecule has 0 bridgehead atoms. The van der Waals surface area contributed by atoms with Crippen molar-refractivity contribution in [2.75, 3.05) is 0 Å². The normalized spacial score (nSPS) is 10.9. The summed E-state index contributed by atoms with van der Waals surface area (Å²) >= 11 is 0. The van der Waals surface area contributed by atoms with Crippen molar-refractivity contribution in [1.82, 2.24) is 4.98 Å². The SMILES string of the molecule is CCCCCCCc1ccc(C(=O)Oc2ccc(CCc3ccc(CCCCC)cn3)cc2)cc1. The lowest BCUT2D eigenvalue weighted by molar-refractivity contribution is 0.0734. The molecule has 0 fully saturated rings. The van der Waals surface area contributed by atoms with E-state index in [4.69, 9.17) is 4.74 Å². The van der Waals surface area contributed by atoms with E-state index >= 15 is 0 Å². The molecule has 0 aliphatic heterocycles. The van der Waals surface area contributed by atoms with Crippen molar-refractivity contribution in [2.24, 2.45) is 0 Å². The van der Waals surface area contributed by atoms with Gasteiger partial charge in [-0.1, -0.05) is 82.7 Å². The fourth-order valence-electron chi connectivity index (χ4n) is 4.23. The third kappa shape index (κ3) is 9.68. The van der Waals surface area contributed by atoms with E-state index in [1.807, 2.05) is 54.7 Å². The van der Waals surface area contributed by atoms with Crippen molar-refractivity contribution in [3.8, 4) is 5.75 Å². The number of ether oxygens (including phenoxy) is 1. The Hall–Kier alpha value is -2.94. The zero-order valence-corrected chi connectivity index (χ0v) is 21.6. The van der Waals surface area contributed by atoms with Crippen LogP contribution in [0.3, 0.4) is 0 Å². The third-order valence-electron chi connectivity index (χ3n) is 6.52. The van der Waals surface area contributed by atoms with Gasteiger partial charge in [0, 0.05) is 11.9 Å². The molecule has 3 aromatic rings. The number of nitrogens with zero attached hydrogens (tertiary/aromatic N) is 1. The number of hydrogen-bond acceptors (Lipinski definition) is 3. The molecule has 0 unspecified atom stereocenters. The Bertz CT molecular complexity index is 991. The van der Waals surface area contributed by atoms with Crippen LogP contribution < -0.4 is 4.74 Å². The second-order valence-electron chi connectivity index (χ2n) is 9.51. The summed E-state index contributed by atoms with van der Waals surface area (Å²) in [6, 6.07) is 20.0. The zero-order chi connectivity index (χ0) is 24.7. The van der Waals surface area contributed by atoms with Crippen LogP contribution in [-0.2, 0) is 25.7 Å². The molecule has 0 amide bonds. The number of rotatable bonds is 15. The molecule has 0 spiro atoms. The largest absolute Gasteiger partial charge is 0.423 e. The maximum Gasteiger partial charge on any atom is 0.343 e. The number of benzene rings is 2. The van der Waals surface area contributed by atoms with E-state index in [0.29, 0.717) is 11.3 Å². The summed E-state index contributed by atoms with van der Waals surface area (Å²) in [4.78, 5) is 17.2. The Morgan fingerprint density at radius 1 is 0.629 bits per heavy atom. The highest BCUT2D eigenvalue weighted by Gasteiger charge is 2.09. The molecule has 1 aromatic heterocycles. The molecule has 0 aliphatic carbocycles. The molecule has 3 rings (SSSR count). The summed E-state index contributed by atoms with van der Waals surface area (Å²) in [5, 5.41) is 0. The zero-order valence-electron chi connectivity index (χ0n) is 21.6. The maximum atomic E-state index is 12.5. The Kier molecular flexibility index (Phi) is 11.5. The standard InChI is InChI=1S/C32H41NO2/c1-3-5-7-8-10-11-26-13-19-29(20-14-26)32(34)35-31-23-17-27(18-24-31)15-21-30-22-16-28(25-33-30)12-9-6-4-2/h13-14,16-20,22-25H,3-12,15,21H2,1-2H3. The average molecular weight is 472 g/mol. The van der Waals surface area contributed by atoms with Gasteiger partial charge in [-0.05, 0) is 85.5 Å². The minimum Gasteiger partial charge on any atom is -0.423 e. The van der Waals surface area contributed by atoms with Crippen LogP contribution in [0.2, 0.25) is 0 Å². The topological polar surface area (TPSA) is 39.2 Å². The van der Waals surface area contributed by atoms with Crippen LogP contribution >= 0.6 is 0 Å². The number of aromatic nitrogens is 1. The van der Waals surface area contributed by atoms with Crippen LogP contribution in [0, 0.1) is 0 Å². The van der Waals surface area contributed by atoms with Crippen molar-refractivity contribution >= 4 is 5.97 Å². The van der Waals surface area contributed by atoms with Gasteiger partial charge in [0.2, 0.25) is 0 Å². The van der Waals surface area contributed by atoms with Gasteiger partial charge in [0.05, 0.1) is 5.56 Å². The molecular formula is C32H41NO2. The highest BCUT2D eigenvalue weighted by atomic mass is 16.5. The third-order valence-corrected chi connectivity index (χ3v) is 6.52. The van der Waals surface area contributed by atoms with Gasteiger partial charge >= 0.3 is 5.97 Å². The van der Waals surface area contributed by atoms with Crippen LogP contribution in [0.25, 0.3) is 0 Å². The molecule has 1 heterocycles. The van der Waals surface area contributed by atoms with Crippen LogP contribution in [0.15, 0.2) is 66.9 Å². The first-order chi connectivity index (χ1) is 17.2. The lowest BCUT2D eigenvalue weighted by atomic mass is 10.0. The predicted molar refractivity (Wildman–Crippen MR) is 145 cm³/mol. The molecule has 186 valence electrons. The van der Waals surface area contributed by atoms with Gasteiger partial charge in [0.25, 0.3) is 0 Å². The first-order valence-corrected chi connectivity index (χ1v) is 13.5. The van der Waals surface area contributed by atoms with Crippen LogP contribution in [-0.4, -0.2) is 11.0 Å². The molecule has 35 heavy (non-hydrogen) atoms. The van der Waals surface area contributed by atoms with E-state index in [0.717, 1.165) is 31.4 Å². The number of pyridine rings is 1. The van der Waals surface area contributed by atoms with Gasteiger partial charge in [0.15, 0.2) is 0 Å². The van der Waals surface area contributed by atoms with E-state index in [1.54, 1.807) is 0 Å². The molecule has 0 N–H and O–H groups in total. The first-order valence-electron chi connectivity index (χ1n) is 13.5. The summed E-state index contributed by atoms with van der Waals surface area (Å²) in [5.74, 6) is 0.267. The van der Waals surface area contributed by atoms with Crippen molar-refractivity contribution < 1.29 is 9.53 Å². The number of carbonyl (C=O) groups excluding carboxylic acids is 1. The van der Waals surface area contributed by atoms with Gasteiger partial charge < -0.3 is 4.74 Å². The lowest BCUT2D eigenvalue weighted by Gasteiger charge is -2.07. The van der Waals surface area contributed by atoms with Crippen LogP contribution in [0.4, 0.5) is 0 Å². The van der Waals surface area contributed by atoms with Gasteiger partial charge in [0.1, 0.15) is 5.75 Å². The maximum absolute atomic E-state index is 12.5. The second kappa shape index (κ2) is 15.1. The monoisotopic (exact) mass is 471 g/mol. The summed E-state index contributed by atoms with van der Waals surface area (Å²) in [5.41, 5.74) is 5.52. The van der Waals surface area contributed by atoms with Crippen molar-refractivity contribution in [2.45, 2.75) is 90.9 Å². The van der Waals surface area contributed by atoms with Crippen LogP contribution in [0.5, 0.6) is 5.75 Å². The van der Waals surface area contributed by atoms with Crippen molar-refractivity contribution in [1.29, 1.82) is 0 Å². The molecule has 0 radical (unpaired) electrons. The lowest BCUT2D eigenvalue weighted by Crippen LogP contribution is -2.08. The number of unbranched alkanes of at least 4 members (excludes halogenated alkanes) is 6. The Morgan fingerprint density at radius 2 is 1.20 bits per heavy atom. The molecule has 2 aromatic carbocycles. The number of hydrogen-bond donors (Lipinski definition) is 0. The van der Waals surface area contributed by atoms with E-state index in [9.17, 15) is 4.79 Å². The number of aryl methyl sites for hydroxylation is 4. The van der Waals surface area contributed by atoms with E-state index in [2.05, 4.69) is 31.0 Å². The van der Waals surface area contributed by atoms with E-state index in [1.165, 1.54) is 68.1 Å². The number of esters is 1. The summed E-state index contributed by atoms with van der Waals surface area (Å²) in [7, 11) is 0. The van der Waals surface area contributed by atoms with E-state index < -0.39 is 0 Å². The number of carbonyl (C=O) groups is 1.